The first-order valence-corrected chi connectivity index (χ1v) is 11.7. The molecule has 4 rings (SSSR count). The summed E-state index contributed by atoms with van der Waals surface area (Å²) < 4.78 is 23.4. The third kappa shape index (κ3) is 8.56. The third-order valence-electron chi connectivity index (χ3n) is 5.30. The van der Waals surface area contributed by atoms with Gasteiger partial charge in [-0.2, -0.15) is 0 Å². The number of aliphatic hydroxyl groups excluding tert-OH is 2. The van der Waals surface area contributed by atoms with Gasteiger partial charge in [0.15, 0.2) is 6.33 Å². The number of carboxylic acid groups (broad SMARTS) is 2. The Morgan fingerprint density at radius 2 is 1.89 bits per heavy atom. The number of benzene rings is 1. The number of H-pyrrole nitrogens is 1. The van der Waals surface area contributed by atoms with Crippen molar-refractivity contribution in [2.45, 2.75) is 38.0 Å². The van der Waals surface area contributed by atoms with E-state index in [-0.39, 0.29) is 82.8 Å². The fourth-order valence-electron chi connectivity index (χ4n) is 3.71. The first-order valence-electron chi connectivity index (χ1n) is 10.2. The number of anilines is 1. The second kappa shape index (κ2) is 14.3. The van der Waals surface area contributed by atoms with Gasteiger partial charge in [0.25, 0.3) is 11.5 Å². The fraction of sp³-hybridized carbons (Fsp3) is 0.368. The molecule has 1 fully saturated rings. The molecule has 0 amide bonds. The number of rotatable bonds is 6. The second-order valence-corrected chi connectivity index (χ2v) is 8.91. The average Bonchev–Trinajstić information content (AvgIpc) is 3.25. The Kier molecular flexibility index (Phi) is 13.1. The van der Waals surface area contributed by atoms with E-state index in [9.17, 15) is 29.4 Å². The van der Waals surface area contributed by atoms with E-state index in [0.29, 0.717) is 0 Å². The van der Waals surface area contributed by atoms with E-state index in [0.717, 1.165) is 11.1 Å². The van der Waals surface area contributed by atoms with Gasteiger partial charge in [0.2, 0.25) is 17.9 Å². The van der Waals surface area contributed by atoms with Crippen LogP contribution in [0.25, 0.3) is 11.2 Å². The van der Waals surface area contributed by atoms with E-state index in [1.807, 2.05) is 31.2 Å². The Morgan fingerprint density at radius 1 is 1.29 bits per heavy atom. The molecule has 0 aliphatic carbocycles. The Morgan fingerprint density at radius 3 is 2.47 bits per heavy atom. The molecule has 6 N–H and O–H groups in total. The van der Waals surface area contributed by atoms with Gasteiger partial charge in [0.05, 0.1) is 21.0 Å². The van der Waals surface area contributed by atoms with Crippen molar-refractivity contribution in [2.24, 2.45) is 0 Å². The number of phosphoric ester groups is 1. The van der Waals surface area contributed by atoms with E-state index >= 15 is 0 Å². The van der Waals surface area contributed by atoms with Crippen LogP contribution in [-0.4, -0.2) is 60.9 Å². The van der Waals surface area contributed by atoms with Crippen LogP contribution in [0.15, 0.2) is 35.4 Å². The van der Waals surface area contributed by atoms with Crippen LogP contribution in [0, 0.1) is 6.92 Å². The number of carbonyl (C=O) groups is 1. The number of nitrogens with one attached hydrogen (secondary N) is 1. The number of aryl methyl sites for hydroxylation is 1. The number of hydrogen-bond acceptors (Lipinski definition) is 12. The zero-order valence-corrected chi connectivity index (χ0v) is 25.5. The molecule has 0 radical (unpaired) electrons. The number of aromatic nitrogens is 4. The van der Waals surface area contributed by atoms with Gasteiger partial charge in [-0.05, 0) is 18.1 Å². The number of hydrogen-bond donors (Lipinski definition) is 5. The molecule has 1 aliphatic heterocycles. The molecule has 2 aromatic heterocycles. The minimum atomic E-state index is -5.31. The average molecular weight is 573 g/mol. The molecule has 4 atom stereocenters. The molecule has 16 nitrogen and oxygen atoms in total. The van der Waals surface area contributed by atoms with E-state index in [1.165, 1.54) is 10.9 Å². The van der Waals surface area contributed by atoms with Crippen LogP contribution in [-0.2, 0) is 20.4 Å². The molecule has 1 aromatic carbocycles. The Bertz CT molecular complexity index is 1360. The zero-order chi connectivity index (χ0) is 26.8. The molecule has 19 heteroatoms. The van der Waals surface area contributed by atoms with Gasteiger partial charge in [-0.15, -0.1) is 0 Å². The molecule has 0 bridgehead atoms. The Hall–Kier alpha value is -1.37. The quantitative estimate of drug-likeness (QED) is 0.104. The molecule has 3 aromatic rings. The summed E-state index contributed by atoms with van der Waals surface area (Å²) in [6, 6.07) is 7.56. The van der Waals surface area contributed by atoms with Crippen molar-refractivity contribution in [3.63, 3.8) is 0 Å². The van der Waals surface area contributed by atoms with Gasteiger partial charge in [0.1, 0.15) is 18.3 Å². The summed E-state index contributed by atoms with van der Waals surface area (Å²) in [5.74, 6) is -0.170. The number of phosphoric acid groups is 1. The second-order valence-electron chi connectivity index (χ2n) is 7.76. The number of aromatic amines is 1. The number of nitrogens with zero attached hydrogens (tertiary/aromatic N) is 3. The van der Waals surface area contributed by atoms with Crippen LogP contribution < -0.4 is 89.9 Å². The van der Waals surface area contributed by atoms with Crippen LogP contribution >= 0.6 is 7.82 Å². The molecule has 1 aliphatic rings. The van der Waals surface area contributed by atoms with Crippen molar-refractivity contribution in [1.29, 1.82) is 0 Å². The largest absolute Gasteiger partial charge is 1.00 e. The predicted molar refractivity (Wildman–Crippen MR) is 113 cm³/mol. The Balaban J connectivity index is 0.00000113. The van der Waals surface area contributed by atoms with Gasteiger partial charge in [-0.25, -0.2) is 4.57 Å². The van der Waals surface area contributed by atoms with Crippen LogP contribution in [0.2, 0.25) is 0 Å². The van der Waals surface area contributed by atoms with E-state index < -0.39 is 50.7 Å². The summed E-state index contributed by atoms with van der Waals surface area (Å²) in [4.78, 5) is 49.2. The minimum Gasteiger partial charge on any atom is -0.790 e. The molecule has 0 unspecified atom stereocenters. The van der Waals surface area contributed by atoms with E-state index in [4.69, 9.17) is 25.5 Å². The number of nitrogens with two attached hydrogens (primary N) is 1. The SMILES string of the molecule is Cc1ccccc1Cn1c[n+]([C@@H]2O[C@H](COP(=O)([O-])[O-])[C@@H](O)[C@H]2O)c2nc(N)[nH]c(=O)c21.O=C([O-])O.[Na+].[Na+]. The number of ether oxygens (including phenoxy) is 1. The van der Waals surface area contributed by atoms with Crippen LogP contribution in [0.5, 0.6) is 0 Å². The van der Waals surface area contributed by atoms with Crippen LogP contribution in [0.3, 0.4) is 0 Å². The van der Waals surface area contributed by atoms with E-state index in [1.54, 1.807) is 4.57 Å². The first-order chi connectivity index (χ1) is 16.8. The molecule has 3 heterocycles. The van der Waals surface area contributed by atoms with Crippen molar-refractivity contribution in [2.75, 3.05) is 12.3 Å². The molecule has 38 heavy (non-hydrogen) atoms. The maximum atomic E-state index is 12.7. The van der Waals surface area contributed by atoms with Gasteiger partial charge in [-0.1, -0.05) is 29.2 Å². The van der Waals surface area contributed by atoms with Gasteiger partial charge in [-0.3, -0.25) is 14.3 Å². The summed E-state index contributed by atoms with van der Waals surface area (Å²) in [6.07, 6.45) is -6.27. The molecule has 0 spiro atoms. The summed E-state index contributed by atoms with van der Waals surface area (Å²) in [6.45, 7) is 1.43. The zero-order valence-electron chi connectivity index (χ0n) is 20.6. The smallest absolute Gasteiger partial charge is 0.790 e. The van der Waals surface area contributed by atoms with Crippen molar-refractivity contribution in [3.05, 3.63) is 52.1 Å². The normalized spacial score (nSPS) is 20.7. The number of imidazole rings is 1. The third-order valence-corrected chi connectivity index (χ3v) is 5.77. The maximum absolute atomic E-state index is 12.7. The summed E-state index contributed by atoms with van der Waals surface area (Å²) in [7, 11) is -5.31. The summed E-state index contributed by atoms with van der Waals surface area (Å²) >= 11 is 0. The topological polar surface area (TPSA) is 263 Å². The molecule has 1 saturated heterocycles. The predicted octanol–water partition coefficient (Wildman–Crippen LogP) is -9.69. The van der Waals surface area contributed by atoms with Crippen molar-refractivity contribution in [1.82, 2.24) is 14.5 Å². The van der Waals surface area contributed by atoms with Crippen molar-refractivity contribution in [3.8, 4) is 0 Å². The van der Waals surface area contributed by atoms with Gasteiger partial charge in [0, 0.05) is 0 Å². The fourth-order valence-corrected chi connectivity index (χ4v) is 4.04. The molecule has 196 valence electrons. The van der Waals surface area contributed by atoms with Crippen molar-refractivity contribution < 1.29 is 113 Å². The number of nitrogen functional groups attached to an aromatic ring is 1. The summed E-state index contributed by atoms with van der Waals surface area (Å²) in [5.41, 5.74) is 7.32. The van der Waals surface area contributed by atoms with Crippen LogP contribution in [0.1, 0.15) is 17.4 Å². The molecular weight excluding hydrogens is 551 g/mol. The summed E-state index contributed by atoms with van der Waals surface area (Å²) in [5, 5.41) is 36.1. The monoisotopic (exact) mass is 573 g/mol. The van der Waals surface area contributed by atoms with Crippen molar-refractivity contribution >= 4 is 31.1 Å². The minimum absolute atomic E-state index is 0. The standard InChI is InChI=1S/C18H22N5O8P.CH2O3.2Na/c1-9-4-2-3-5-10(9)6-22-8-23(15-12(22)16(26)21-18(19)20-15)17-14(25)13(24)11(31-17)7-30-32(27,28)29;2-1(3)4;;/h2-5,8,11,13-14,17,24-25H,6-7H2,1H3,(H4-,19,20,21,26,27,28,29);(H2,2,3,4);;/q;;2*+1/p-2/t11-,13-,14-,17-;;;/m1.../s1. The number of aliphatic hydroxyl groups is 2. The van der Waals surface area contributed by atoms with E-state index in [2.05, 4.69) is 14.5 Å². The van der Waals surface area contributed by atoms with Crippen LogP contribution in [0.4, 0.5) is 10.7 Å². The molecular formula is C19H22N5Na2O11P. The first kappa shape index (κ1) is 34.7. The number of fused-ring (bicyclic) bond motifs is 1. The Labute approximate surface area is 258 Å². The molecule has 0 saturated carbocycles. The maximum Gasteiger partial charge on any atom is 1.00 e. The van der Waals surface area contributed by atoms with Gasteiger partial charge < -0.3 is 54.6 Å². The van der Waals surface area contributed by atoms with Gasteiger partial charge >= 0.3 is 64.8 Å².